The van der Waals surface area contributed by atoms with E-state index in [0.717, 1.165) is 21.1 Å². The summed E-state index contributed by atoms with van der Waals surface area (Å²) in [6.07, 6.45) is 1.85. The number of para-hydroxylation sites is 1. The molecule has 0 fully saturated rings. The summed E-state index contributed by atoms with van der Waals surface area (Å²) in [4.78, 5) is 21.0. The Morgan fingerprint density at radius 2 is 1.90 bits per heavy atom. The van der Waals surface area contributed by atoms with Gasteiger partial charge >= 0.3 is 0 Å². The van der Waals surface area contributed by atoms with Crippen molar-refractivity contribution in [2.75, 3.05) is 0 Å². The Morgan fingerprint density at radius 3 is 2.71 bits per heavy atom. The summed E-state index contributed by atoms with van der Waals surface area (Å²) in [7, 11) is 0. The van der Waals surface area contributed by atoms with Gasteiger partial charge in [-0.2, -0.15) is 0 Å². The predicted molar refractivity (Wildman–Crippen MR) is 89.4 cm³/mol. The summed E-state index contributed by atoms with van der Waals surface area (Å²) >= 11 is 6.69. The average Bonchev–Trinajstić information content (AvgIpc) is 2.47. The lowest BCUT2D eigenvalue weighted by Crippen LogP contribution is -2.08. The number of hydrogen-bond donors (Lipinski definition) is 0. The summed E-state index contributed by atoms with van der Waals surface area (Å²) in [5.74, 6) is -0.0582. The van der Waals surface area contributed by atoms with E-state index in [1.807, 2.05) is 42.5 Å². The molecule has 0 radical (unpaired) electrons. The van der Waals surface area contributed by atoms with Crippen LogP contribution in [-0.2, 0) is 6.42 Å². The maximum Gasteiger partial charge on any atom is 0.188 e. The number of benzene rings is 1. The highest BCUT2D eigenvalue weighted by atomic mass is 79.9. The van der Waals surface area contributed by atoms with Crippen molar-refractivity contribution in [2.45, 2.75) is 6.42 Å². The molecule has 0 atom stereocenters. The van der Waals surface area contributed by atoms with Crippen LogP contribution in [-0.4, -0.2) is 15.8 Å². The van der Waals surface area contributed by atoms with Crippen LogP contribution in [0.1, 0.15) is 16.2 Å². The Morgan fingerprint density at radius 1 is 1.10 bits per heavy atom. The Kier molecular flexibility index (Phi) is 4.12. The van der Waals surface area contributed by atoms with Crippen molar-refractivity contribution in [2.24, 2.45) is 0 Å². The monoisotopic (exact) mass is 404 g/mol. The third-order valence-corrected chi connectivity index (χ3v) is 4.11. The molecular weight excluding hydrogens is 396 g/mol. The van der Waals surface area contributed by atoms with Crippen molar-refractivity contribution in [3.8, 4) is 0 Å². The molecular formula is C16H10Br2N2O. The largest absolute Gasteiger partial charge is 0.292 e. The number of aromatic nitrogens is 2. The highest BCUT2D eigenvalue weighted by Crippen LogP contribution is 2.21. The van der Waals surface area contributed by atoms with Crippen molar-refractivity contribution < 1.29 is 4.79 Å². The zero-order chi connectivity index (χ0) is 14.8. The number of nitrogens with zero attached hydrogens (tertiary/aromatic N) is 2. The van der Waals surface area contributed by atoms with Gasteiger partial charge in [0.1, 0.15) is 5.69 Å². The lowest BCUT2D eigenvalue weighted by Gasteiger charge is -2.04. The van der Waals surface area contributed by atoms with E-state index >= 15 is 0 Å². The van der Waals surface area contributed by atoms with Crippen molar-refractivity contribution >= 4 is 48.5 Å². The van der Waals surface area contributed by atoms with Crippen LogP contribution in [0, 0.1) is 0 Å². The lowest BCUT2D eigenvalue weighted by molar-refractivity contribution is 0.0986. The minimum absolute atomic E-state index is 0.0582. The first-order valence-electron chi connectivity index (χ1n) is 6.32. The van der Waals surface area contributed by atoms with Crippen LogP contribution in [0.5, 0.6) is 0 Å². The summed E-state index contributed by atoms with van der Waals surface area (Å²) in [5, 5.41) is 1.07. The molecule has 0 N–H and O–H groups in total. The van der Waals surface area contributed by atoms with Gasteiger partial charge in [0.15, 0.2) is 5.78 Å². The molecule has 2 aromatic heterocycles. The molecule has 0 spiro atoms. The van der Waals surface area contributed by atoms with Crippen LogP contribution in [0.3, 0.4) is 0 Å². The van der Waals surface area contributed by atoms with Crippen molar-refractivity contribution in [3.05, 3.63) is 69.0 Å². The van der Waals surface area contributed by atoms with Crippen molar-refractivity contribution in [3.63, 3.8) is 0 Å². The van der Waals surface area contributed by atoms with Crippen molar-refractivity contribution in [1.82, 2.24) is 9.97 Å². The molecule has 0 aliphatic carbocycles. The van der Waals surface area contributed by atoms with Crippen LogP contribution < -0.4 is 0 Å². The quantitative estimate of drug-likeness (QED) is 0.599. The number of Topliss-reactive ketones (excluding diaryl/α,β-unsaturated/α-hetero) is 1. The Bertz CT molecular complexity index is 833. The van der Waals surface area contributed by atoms with Gasteiger partial charge in [-0.3, -0.25) is 14.8 Å². The highest BCUT2D eigenvalue weighted by Gasteiger charge is 2.13. The fraction of sp³-hybridized carbons (Fsp3) is 0.0625. The van der Waals surface area contributed by atoms with E-state index in [9.17, 15) is 4.79 Å². The van der Waals surface area contributed by atoms with Gasteiger partial charge < -0.3 is 0 Å². The van der Waals surface area contributed by atoms with Crippen LogP contribution in [0.25, 0.3) is 10.9 Å². The minimum Gasteiger partial charge on any atom is -0.292 e. The molecule has 0 bridgehead atoms. The number of carbonyl (C=O) groups excluding carboxylic acids is 1. The second-order valence-corrected chi connectivity index (χ2v) is 6.35. The van der Waals surface area contributed by atoms with E-state index in [-0.39, 0.29) is 12.2 Å². The van der Waals surface area contributed by atoms with Crippen LogP contribution in [0.2, 0.25) is 0 Å². The van der Waals surface area contributed by atoms with E-state index in [4.69, 9.17) is 0 Å². The Hall–Kier alpha value is -1.59. The first-order valence-corrected chi connectivity index (χ1v) is 7.91. The molecule has 0 unspecified atom stereocenters. The third-order valence-electron chi connectivity index (χ3n) is 3.07. The first-order chi connectivity index (χ1) is 10.1. The zero-order valence-corrected chi connectivity index (χ0v) is 14.1. The summed E-state index contributed by atoms with van der Waals surface area (Å²) in [5.41, 5.74) is 2.06. The maximum absolute atomic E-state index is 12.3. The van der Waals surface area contributed by atoms with E-state index < -0.39 is 0 Å². The van der Waals surface area contributed by atoms with Gasteiger partial charge in [0.25, 0.3) is 0 Å². The average molecular weight is 406 g/mol. The number of rotatable bonds is 3. The van der Waals surface area contributed by atoms with Crippen LogP contribution in [0.4, 0.5) is 0 Å². The van der Waals surface area contributed by atoms with Crippen molar-refractivity contribution in [1.29, 1.82) is 0 Å². The predicted octanol–water partition coefficient (Wildman–Crippen LogP) is 4.58. The SMILES string of the molecule is O=C(Cc1ccc2ccccc2n1)c1ncc(Br)cc1Br. The number of fused-ring (bicyclic) bond motifs is 1. The number of hydrogen-bond acceptors (Lipinski definition) is 3. The van der Waals surface area contributed by atoms with Crippen LogP contribution in [0.15, 0.2) is 57.6 Å². The standard InChI is InChI=1S/C16H10Br2N2O/c17-11-7-13(18)16(19-9-11)15(21)8-12-6-5-10-3-1-2-4-14(10)20-12/h1-7,9H,8H2. The smallest absolute Gasteiger partial charge is 0.188 e. The third kappa shape index (κ3) is 3.19. The molecule has 5 heteroatoms. The molecule has 3 rings (SSSR count). The fourth-order valence-electron chi connectivity index (χ4n) is 2.07. The molecule has 0 saturated carbocycles. The van der Waals surface area contributed by atoms with Crippen LogP contribution >= 0.6 is 31.9 Å². The molecule has 104 valence electrons. The van der Waals surface area contributed by atoms with Gasteiger partial charge in [-0.1, -0.05) is 24.3 Å². The maximum atomic E-state index is 12.3. The van der Waals surface area contributed by atoms with Gasteiger partial charge in [-0.05, 0) is 50.1 Å². The second kappa shape index (κ2) is 6.03. The molecule has 1 aromatic carbocycles. The van der Waals surface area contributed by atoms with Gasteiger partial charge in [0.2, 0.25) is 0 Å². The molecule has 3 aromatic rings. The molecule has 2 heterocycles. The normalized spacial score (nSPS) is 10.8. The van der Waals surface area contributed by atoms with E-state index in [2.05, 4.69) is 41.8 Å². The second-order valence-electron chi connectivity index (χ2n) is 4.58. The van der Waals surface area contributed by atoms with E-state index in [1.54, 1.807) is 6.20 Å². The highest BCUT2D eigenvalue weighted by molar-refractivity contribution is 9.11. The lowest BCUT2D eigenvalue weighted by atomic mass is 10.1. The van der Waals surface area contributed by atoms with Gasteiger partial charge in [0, 0.05) is 26.2 Å². The molecule has 21 heavy (non-hydrogen) atoms. The topological polar surface area (TPSA) is 42.9 Å². The fourth-order valence-corrected chi connectivity index (χ4v) is 3.28. The molecule has 0 saturated heterocycles. The number of ketones is 1. The summed E-state index contributed by atoms with van der Waals surface area (Å²) < 4.78 is 1.51. The molecule has 0 aliphatic rings. The Labute approximate surface area is 138 Å². The number of pyridine rings is 2. The number of carbonyl (C=O) groups is 1. The summed E-state index contributed by atoms with van der Waals surface area (Å²) in [6.45, 7) is 0. The zero-order valence-electron chi connectivity index (χ0n) is 10.9. The molecule has 0 amide bonds. The van der Waals surface area contributed by atoms with Gasteiger partial charge in [-0.25, -0.2) is 0 Å². The molecule has 0 aliphatic heterocycles. The Balaban J connectivity index is 1.89. The van der Waals surface area contributed by atoms with Gasteiger partial charge in [-0.15, -0.1) is 0 Å². The minimum atomic E-state index is -0.0582. The summed E-state index contributed by atoms with van der Waals surface area (Å²) in [6, 6.07) is 13.5. The van der Waals surface area contributed by atoms with E-state index in [1.165, 1.54) is 0 Å². The first kappa shape index (κ1) is 14.4. The molecule has 3 nitrogen and oxygen atoms in total. The van der Waals surface area contributed by atoms with E-state index in [0.29, 0.717) is 10.2 Å². The number of halogens is 2. The van der Waals surface area contributed by atoms with Gasteiger partial charge in [0.05, 0.1) is 11.9 Å².